The first kappa shape index (κ1) is 11.0. The molecular formula is C11H19N3. The van der Waals surface area contributed by atoms with Gasteiger partial charge in [-0.3, -0.25) is 4.68 Å². The lowest BCUT2D eigenvalue weighted by Gasteiger charge is -2.22. The number of aryl methyl sites for hydroxylation is 1. The third-order valence-corrected chi connectivity index (χ3v) is 2.58. The lowest BCUT2D eigenvalue weighted by atomic mass is 9.85. The normalized spacial score (nSPS) is 15.1. The average Bonchev–Trinajstić information content (AvgIpc) is 2.65. The van der Waals surface area contributed by atoms with Crippen molar-refractivity contribution in [2.24, 2.45) is 11.1 Å². The van der Waals surface area contributed by atoms with Crippen LogP contribution in [0.4, 0.5) is 0 Å². The van der Waals surface area contributed by atoms with Crippen molar-refractivity contribution in [3.8, 4) is 0 Å². The van der Waals surface area contributed by atoms with E-state index in [4.69, 9.17) is 5.73 Å². The summed E-state index contributed by atoms with van der Waals surface area (Å²) in [6.07, 6.45) is 6.81. The second-order valence-corrected chi connectivity index (χ2v) is 3.94. The zero-order valence-corrected chi connectivity index (χ0v) is 9.03. The first-order chi connectivity index (χ1) is 6.63. The molecule has 0 aliphatic carbocycles. The van der Waals surface area contributed by atoms with E-state index < -0.39 is 0 Å². The van der Waals surface area contributed by atoms with Crippen LogP contribution in [-0.2, 0) is 13.0 Å². The highest BCUT2D eigenvalue weighted by Crippen LogP contribution is 2.21. The molecule has 1 unspecified atom stereocenters. The molecule has 3 nitrogen and oxygen atoms in total. The second kappa shape index (κ2) is 4.42. The highest BCUT2D eigenvalue weighted by atomic mass is 15.3. The summed E-state index contributed by atoms with van der Waals surface area (Å²) in [5, 5.41) is 4.23. The summed E-state index contributed by atoms with van der Waals surface area (Å²) in [4.78, 5) is 0. The van der Waals surface area contributed by atoms with Gasteiger partial charge in [0.2, 0.25) is 0 Å². The molecule has 3 heteroatoms. The van der Waals surface area contributed by atoms with Crippen molar-refractivity contribution >= 4 is 0 Å². The number of hydrogen-bond donors (Lipinski definition) is 1. The third-order valence-electron chi connectivity index (χ3n) is 2.58. The van der Waals surface area contributed by atoms with Crippen molar-refractivity contribution in [1.29, 1.82) is 0 Å². The molecular weight excluding hydrogens is 174 g/mol. The Morgan fingerprint density at radius 1 is 1.71 bits per heavy atom. The van der Waals surface area contributed by atoms with E-state index in [1.54, 1.807) is 0 Å². The van der Waals surface area contributed by atoms with Crippen LogP contribution >= 0.6 is 0 Å². The molecule has 1 heterocycles. The van der Waals surface area contributed by atoms with Crippen LogP contribution in [-0.4, -0.2) is 16.3 Å². The van der Waals surface area contributed by atoms with Crippen molar-refractivity contribution in [2.75, 3.05) is 6.54 Å². The average molecular weight is 193 g/mol. The fourth-order valence-electron chi connectivity index (χ4n) is 1.36. The summed E-state index contributed by atoms with van der Waals surface area (Å²) in [6.45, 7) is 9.54. The lowest BCUT2D eigenvalue weighted by molar-refractivity contribution is 0.439. The molecule has 0 saturated heterocycles. The first-order valence-corrected chi connectivity index (χ1v) is 4.98. The molecule has 14 heavy (non-hydrogen) atoms. The Balaban J connectivity index is 2.72. The van der Waals surface area contributed by atoms with E-state index >= 15 is 0 Å². The molecule has 0 saturated carbocycles. The van der Waals surface area contributed by atoms with Crippen LogP contribution in [0, 0.1) is 5.41 Å². The van der Waals surface area contributed by atoms with E-state index in [2.05, 4.69) is 31.7 Å². The second-order valence-electron chi connectivity index (χ2n) is 3.94. The minimum Gasteiger partial charge on any atom is -0.330 e. The zero-order chi connectivity index (χ0) is 10.6. The standard InChI is InChI=1S/C11H19N3/c1-4-11(3,9-12)6-10-7-13-14(5-2)8-10/h4,7-8H,1,5-6,9,12H2,2-3H3. The molecule has 78 valence electrons. The van der Waals surface area contributed by atoms with E-state index in [1.807, 2.05) is 17.0 Å². The Bertz CT molecular complexity index is 303. The molecule has 0 spiro atoms. The Morgan fingerprint density at radius 2 is 2.43 bits per heavy atom. The van der Waals surface area contributed by atoms with Crippen LogP contribution in [0.25, 0.3) is 0 Å². The minimum absolute atomic E-state index is 0.0123. The van der Waals surface area contributed by atoms with Crippen LogP contribution < -0.4 is 5.73 Å². The lowest BCUT2D eigenvalue weighted by Crippen LogP contribution is -2.26. The highest BCUT2D eigenvalue weighted by molar-refractivity contribution is 5.10. The summed E-state index contributed by atoms with van der Waals surface area (Å²) in [5.41, 5.74) is 6.92. The van der Waals surface area contributed by atoms with Crippen LogP contribution in [0.2, 0.25) is 0 Å². The highest BCUT2D eigenvalue weighted by Gasteiger charge is 2.19. The van der Waals surface area contributed by atoms with Gasteiger partial charge in [-0.15, -0.1) is 6.58 Å². The summed E-state index contributed by atoms with van der Waals surface area (Å²) in [7, 11) is 0. The van der Waals surface area contributed by atoms with Crippen LogP contribution in [0.3, 0.4) is 0 Å². The molecule has 0 aromatic carbocycles. The van der Waals surface area contributed by atoms with E-state index in [-0.39, 0.29) is 5.41 Å². The zero-order valence-electron chi connectivity index (χ0n) is 9.03. The maximum Gasteiger partial charge on any atom is 0.0522 e. The Kier molecular flexibility index (Phi) is 3.47. The van der Waals surface area contributed by atoms with Crippen molar-refractivity contribution in [1.82, 2.24) is 9.78 Å². The quantitative estimate of drug-likeness (QED) is 0.722. The van der Waals surface area contributed by atoms with Crippen LogP contribution in [0.15, 0.2) is 25.0 Å². The van der Waals surface area contributed by atoms with Gasteiger partial charge in [0.05, 0.1) is 6.20 Å². The van der Waals surface area contributed by atoms with Gasteiger partial charge in [0.1, 0.15) is 0 Å². The smallest absolute Gasteiger partial charge is 0.0522 e. The van der Waals surface area contributed by atoms with E-state index in [9.17, 15) is 0 Å². The molecule has 0 fully saturated rings. The minimum atomic E-state index is -0.0123. The number of hydrogen-bond acceptors (Lipinski definition) is 2. The van der Waals surface area contributed by atoms with Gasteiger partial charge in [-0.2, -0.15) is 5.10 Å². The van der Waals surface area contributed by atoms with Gasteiger partial charge in [0.15, 0.2) is 0 Å². The van der Waals surface area contributed by atoms with Crippen LogP contribution in [0.5, 0.6) is 0 Å². The van der Waals surface area contributed by atoms with E-state index in [0.29, 0.717) is 6.54 Å². The summed E-state index contributed by atoms with van der Waals surface area (Å²) < 4.78 is 1.93. The van der Waals surface area contributed by atoms with Crippen molar-refractivity contribution in [3.05, 3.63) is 30.6 Å². The molecule has 0 bridgehead atoms. The number of rotatable bonds is 5. The van der Waals surface area contributed by atoms with Gasteiger partial charge < -0.3 is 5.73 Å². The Labute approximate surface area is 85.6 Å². The van der Waals surface area contributed by atoms with Gasteiger partial charge in [-0.05, 0) is 18.9 Å². The molecule has 1 atom stereocenters. The molecule has 1 aromatic heterocycles. The topological polar surface area (TPSA) is 43.8 Å². The fraction of sp³-hybridized carbons (Fsp3) is 0.545. The monoisotopic (exact) mass is 193 g/mol. The molecule has 1 rings (SSSR count). The Morgan fingerprint density at radius 3 is 2.86 bits per heavy atom. The molecule has 0 aliphatic rings. The maximum atomic E-state index is 5.71. The SMILES string of the molecule is C=CC(C)(CN)Cc1cnn(CC)c1. The molecule has 1 aromatic rings. The van der Waals surface area contributed by atoms with Crippen molar-refractivity contribution in [3.63, 3.8) is 0 Å². The van der Waals surface area contributed by atoms with Crippen molar-refractivity contribution < 1.29 is 0 Å². The van der Waals surface area contributed by atoms with Gasteiger partial charge in [-0.1, -0.05) is 13.0 Å². The fourth-order valence-corrected chi connectivity index (χ4v) is 1.36. The largest absolute Gasteiger partial charge is 0.330 e. The number of nitrogens with two attached hydrogens (primary N) is 1. The molecule has 0 aliphatic heterocycles. The molecule has 0 amide bonds. The third kappa shape index (κ3) is 2.45. The van der Waals surface area contributed by atoms with Crippen LogP contribution in [0.1, 0.15) is 19.4 Å². The van der Waals surface area contributed by atoms with Gasteiger partial charge in [0, 0.05) is 24.7 Å². The molecule has 2 N–H and O–H groups in total. The summed E-state index contributed by atoms with van der Waals surface area (Å²) >= 11 is 0. The van der Waals surface area contributed by atoms with Gasteiger partial charge in [-0.25, -0.2) is 0 Å². The number of aromatic nitrogens is 2. The maximum absolute atomic E-state index is 5.71. The number of nitrogens with zero attached hydrogens (tertiary/aromatic N) is 2. The van der Waals surface area contributed by atoms with E-state index in [0.717, 1.165) is 13.0 Å². The van der Waals surface area contributed by atoms with Gasteiger partial charge >= 0.3 is 0 Å². The summed E-state index contributed by atoms with van der Waals surface area (Å²) in [6, 6.07) is 0. The van der Waals surface area contributed by atoms with Gasteiger partial charge in [0.25, 0.3) is 0 Å². The predicted octanol–water partition coefficient (Wildman–Crippen LogP) is 1.60. The summed E-state index contributed by atoms with van der Waals surface area (Å²) in [5.74, 6) is 0. The predicted molar refractivity (Wildman–Crippen MR) is 59.0 cm³/mol. The molecule has 0 radical (unpaired) electrons. The Hall–Kier alpha value is -1.09. The van der Waals surface area contributed by atoms with E-state index in [1.165, 1.54) is 5.56 Å². The first-order valence-electron chi connectivity index (χ1n) is 4.98. The van der Waals surface area contributed by atoms with Crippen molar-refractivity contribution in [2.45, 2.75) is 26.8 Å².